The van der Waals surface area contributed by atoms with Crippen LogP contribution in [0.25, 0.3) is 10.9 Å². The van der Waals surface area contributed by atoms with E-state index in [1.807, 2.05) is 18.2 Å². The van der Waals surface area contributed by atoms with E-state index in [1.54, 1.807) is 0 Å². The fourth-order valence-corrected chi connectivity index (χ4v) is 5.56. The zero-order valence-electron chi connectivity index (χ0n) is 17.4. The van der Waals surface area contributed by atoms with Crippen molar-refractivity contribution in [2.75, 3.05) is 26.2 Å². The lowest BCUT2D eigenvalue weighted by atomic mass is 9.90. The quantitative estimate of drug-likeness (QED) is 0.844. The number of aromatic nitrogens is 1. The minimum Gasteiger partial charge on any atom is -0.478 e. The second-order valence-corrected chi connectivity index (χ2v) is 9.03. The molecule has 1 N–H and O–H groups in total. The predicted octanol–water partition coefficient (Wildman–Crippen LogP) is 4.20. The molecule has 29 heavy (non-hydrogen) atoms. The molecule has 3 aliphatic rings. The number of nitrogens with zero attached hydrogens (tertiary/aromatic N) is 2. The lowest BCUT2D eigenvalue weighted by molar-refractivity contribution is 0.0895. The van der Waals surface area contributed by atoms with Crippen molar-refractivity contribution in [3.8, 4) is 5.88 Å². The van der Waals surface area contributed by atoms with Gasteiger partial charge in [-0.25, -0.2) is 0 Å². The van der Waals surface area contributed by atoms with Crippen LogP contribution in [0.3, 0.4) is 0 Å². The average molecular weight is 396 g/mol. The van der Waals surface area contributed by atoms with E-state index in [2.05, 4.69) is 20.9 Å². The summed E-state index contributed by atoms with van der Waals surface area (Å²) < 4.78 is 8.09. The van der Waals surface area contributed by atoms with Gasteiger partial charge in [0.2, 0.25) is 5.88 Å². The molecule has 5 heteroatoms. The summed E-state index contributed by atoms with van der Waals surface area (Å²) in [6, 6.07) is 8.99. The molecule has 0 unspecified atom stereocenters. The summed E-state index contributed by atoms with van der Waals surface area (Å²) in [4.78, 5) is 15.8. The number of fused-ring (bicyclic) bond motifs is 3. The molecular formula is C24H33N3O2. The number of para-hydroxylation sites is 1. The summed E-state index contributed by atoms with van der Waals surface area (Å²) >= 11 is 0. The highest BCUT2D eigenvalue weighted by atomic mass is 16.5. The zero-order chi connectivity index (χ0) is 19.6. The monoisotopic (exact) mass is 395 g/mol. The van der Waals surface area contributed by atoms with Crippen molar-refractivity contribution in [2.24, 2.45) is 5.92 Å². The van der Waals surface area contributed by atoms with E-state index in [1.165, 1.54) is 58.0 Å². The molecular weight excluding hydrogens is 362 g/mol. The van der Waals surface area contributed by atoms with Gasteiger partial charge in [-0.1, -0.05) is 37.5 Å². The van der Waals surface area contributed by atoms with Crippen LogP contribution in [0.15, 0.2) is 24.3 Å². The Morgan fingerprint density at radius 1 is 1.00 bits per heavy atom. The Labute approximate surface area is 173 Å². The maximum atomic E-state index is 13.1. The first-order chi connectivity index (χ1) is 14.3. The third-order valence-electron chi connectivity index (χ3n) is 7.21. The standard InChI is InChI=1S/C24H33N3O2/c28-23(22-20-9-4-5-10-21(20)27-13-6-16-29-24(22)27)25-17-18-11-14-26(15-12-18)19-7-2-1-3-8-19/h4-5,9-10,18-19H,1-3,6-8,11-17H2,(H,25,28). The van der Waals surface area contributed by atoms with Crippen molar-refractivity contribution in [3.05, 3.63) is 29.8 Å². The summed E-state index contributed by atoms with van der Waals surface area (Å²) in [5.41, 5.74) is 1.83. The van der Waals surface area contributed by atoms with Crippen LogP contribution in [0.4, 0.5) is 0 Å². The van der Waals surface area contributed by atoms with Crippen molar-refractivity contribution < 1.29 is 9.53 Å². The first-order valence-corrected chi connectivity index (χ1v) is 11.6. The number of hydrogen-bond acceptors (Lipinski definition) is 3. The van der Waals surface area contributed by atoms with Gasteiger partial charge in [-0.05, 0) is 57.2 Å². The molecule has 1 amide bonds. The van der Waals surface area contributed by atoms with Crippen LogP contribution in [0, 0.1) is 5.92 Å². The average Bonchev–Trinajstić information content (AvgIpc) is 3.13. The Kier molecular flexibility index (Phi) is 5.49. The molecule has 2 fully saturated rings. The number of carbonyl (C=O) groups is 1. The van der Waals surface area contributed by atoms with Crippen LogP contribution >= 0.6 is 0 Å². The predicted molar refractivity (Wildman–Crippen MR) is 116 cm³/mol. The normalized spacial score (nSPS) is 21.7. The number of rotatable bonds is 4. The third-order valence-corrected chi connectivity index (χ3v) is 7.21. The summed E-state index contributed by atoms with van der Waals surface area (Å²) in [6.45, 7) is 4.77. The van der Waals surface area contributed by atoms with Crippen molar-refractivity contribution in [1.82, 2.24) is 14.8 Å². The molecule has 2 aromatic rings. The highest BCUT2D eigenvalue weighted by Crippen LogP contribution is 2.34. The Bertz CT molecular complexity index is 860. The number of benzene rings is 1. The molecule has 3 heterocycles. The van der Waals surface area contributed by atoms with E-state index in [-0.39, 0.29) is 5.91 Å². The second-order valence-electron chi connectivity index (χ2n) is 9.03. The molecule has 1 aromatic heterocycles. The molecule has 2 aliphatic heterocycles. The highest BCUT2D eigenvalue weighted by molar-refractivity contribution is 6.09. The van der Waals surface area contributed by atoms with Crippen LogP contribution in [-0.2, 0) is 6.54 Å². The van der Waals surface area contributed by atoms with Gasteiger partial charge in [0.05, 0.1) is 12.1 Å². The second kappa shape index (κ2) is 8.39. The summed E-state index contributed by atoms with van der Waals surface area (Å²) in [7, 11) is 0. The number of likely N-dealkylation sites (tertiary alicyclic amines) is 1. The molecule has 1 saturated carbocycles. The van der Waals surface area contributed by atoms with Gasteiger partial charge in [0, 0.05) is 24.5 Å². The first-order valence-electron chi connectivity index (χ1n) is 11.6. The van der Waals surface area contributed by atoms with E-state index in [9.17, 15) is 4.79 Å². The fourth-order valence-electron chi connectivity index (χ4n) is 5.56. The van der Waals surface area contributed by atoms with Gasteiger partial charge in [0.25, 0.3) is 5.91 Å². The minimum absolute atomic E-state index is 0.0200. The molecule has 0 atom stereocenters. The van der Waals surface area contributed by atoms with Gasteiger partial charge < -0.3 is 19.5 Å². The zero-order valence-corrected chi connectivity index (χ0v) is 17.4. The highest BCUT2D eigenvalue weighted by Gasteiger charge is 2.28. The number of amides is 1. The summed E-state index contributed by atoms with van der Waals surface area (Å²) in [6.07, 6.45) is 10.4. The topological polar surface area (TPSA) is 46.5 Å². The molecule has 0 spiro atoms. The maximum Gasteiger partial charge on any atom is 0.257 e. The van der Waals surface area contributed by atoms with Gasteiger partial charge in [-0.2, -0.15) is 0 Å². The number of carbonyl (C=O) groups excluding carboxylic acids is 1. The van der Waals surface area contributed by atoms with Gasteiger partial charge in [0.1, 0.15) is 5.56 Å². The lowest BCUT2D eigenvalue weighted by Gasteiger charge is -2.39. The number of hydrogen-bond donors (Lipinski definition) is 1. The minimum atomic E-state index is 0.0200. The van der Waals surface area contributed by atoms with Gasteiger partial charge >= 0.3 is 0 Å². The van der Waals surface area contributed by atoms with E-state index in [0.717, 1.165) is 47.9 Å². The van der Waals surface area contributed by atoms with E-state index in [0.29, 0.717) is 12.5 Å². The van der Waals surface area contributed by atoms with Crippen LogP contribution in [0.5, 0.6) is 5.88 Å². The van der Waals surface area contributed by atoms with Gasteiger partial charge in [-0.3, -0.25) is 4.79 Å². The Morgan fingerprint density at radius 2 is 1.79 bits per heavy atom. The molecule has 156 valence electrons. The molecule has 1 saturated heterocycles. The number of nitrogens with one attached hydrogen (secondary N) is 1. The summed E-state index contributed by atoms with van der Waals surface area (Å²) in [5.74, 6) is 1.36. The number of ether oxygens (including phenoxy) is 1. The van der Waals surface area contributed by atoms with Crippen molar-refractivity contribution in [2.45, 2.75) is 64.0 Å². The first kappa shape index (κ1) is 19.0. The van der Waals surface area contributed by atoms with Crippen LogP contribution in [-0.4, -0.2) is 47.7 Å². The van der Waals surface area contributed by atoms with E-state index < -0.39 is 0 Å². The Balaban J connectivity index is 1.22. The smallest absolute Gasteiger partial charge is 0.257 e. The van der Waals surface area contributed by atoms with Crippen LogP contribution < -0.4 is 10.1 Å². The third kappa shape index (κ3) is 3.77. The Morgan fingerprint density at radius 3 is 2.62 bits per heavy atom. The van der Waals surface area contributed by atoms with E-state index in [4.69, 9.17) is 4.74 Å². The Hall–Kier alpha value is -2.01. The lowest BCUT2D eigenvalue weighted by Crippen LogP contribution is -2.44. The van der Waals surface area contributed by atoms with Crippen molar-refractivity contribution in [3.63, 3.8) is 0 Å². The molecule has 0 radical (unpaired) electrons. The van der Waals surface area contributed by atoms with Crippen molar-refractivity contribution >= 4 is 16.8 Å². The fraction of sp³-hybridized carbons (Fsp3) is 0.625. The molecule has 1 aliphatic carbocycles. The molecule has 5 rings (SSSR count). The van der Waals surface area contributed by atoms with Gasteiger partial charge in [-0.15, -0.1) is 0 Å². The molecule has 5 nitrogen and oxygen atoms in total. The number of piperidine rings is 1. The SMILES string of the molecule is O=C(NCC1CCN(C2CCCCC2)CC1)c1c2n(c3ccccc13)CCCO2. The van der Waals surface area contributed by atoms with Crippen LogP contribution in [0.2, 0.25) is 0 Å². The largest absolute Gasteiger partial charge is 0.478 e. The maximum absolute atomic E-state index is 13.1. The van der Waals surface area contributed by atoms with Crippen molar-refractivity contribution in [1.29, 1.82) is 0 Å². The molecule has 0 bridgehead atoms. The summed E-state index contributed by atoms with van der Waals surface area (Å²) in [5, 5.41) is 4.25. The van der Waals surface area contributed by atoms with Gasteiger partial charge in [0.15, 0.2) is 0 Å². The number of aryl methyl sites for hydroxylation is 1. The van der Waals surface area contributed by atoms with E-state index >= 15 is 0 Å². The van der Waals surface area contributed by atoms with Crippen LogP contribution in [0.1, 0.15) is 61.7 Å². The molecule has 1 aromatic carbocycles.